The molecule has 2 rings (SSSR count). The van der Waals surface area contributed by atoms with Gasteiger partial charge >= 0.3 is 0 Å². The van der Waals surface area contributed by atoms with E-state index < -0.39 is 74.4 Å². The van der Waals surface area contributed by atoms with Crippen LogP contribution in [0.5, 0.6) is 0 Å². The molecule has 2 saturated heterocycles. The van der Waals surface area contributed by atoms with Crippen molar-refractivity contribution in [3.05, 3.63) is 0 Å². The Kier molecular flexibility index (Phi) is 6.90. The molecular formula is C14H26O10. The highest BCUT2D eigenvalue weighted by molar-refractivity contribution is 4.95. The molecule has 142 valence electrons. The van der Waals surface area contributed by atoms with Crippen molar-refractivity contribution in [1.82, 2.24) is 0 Å². The number of aliphatic hydroxyl groups excluding tert-OH is 7. The molecule has 0 spiro atoms. The maximum Gasteiger partial charge on any atom is 0.187 e. The van der Waals surface area contributed by atoms with Gasteiger partial charge in [-0.05, 0) is 6.42 Å². The highest BCUT2D eigenvalue weighted by Crippen LogP contribution is 2.29. The number of rotatable bonds is 5. The molecule has 0 amide bonds. The van der Waals surface area contributed by atoms with Gasteiger partial charge in [0.05, 0.1) is 19.3 Å². The monoisotopic (exact) mass is 354 g/mol. The fourth-order valence-corrected chi connectivity index (χ4v) is 3.00. The van der Waals surface area contributed by atoms with E-state index in [0.29, 0.717) is 6.42 Å². The molecule has 0 saturated carbocycles. The highest BCUT2D eigenvalue weighted by atomic mass is 16.7. The molecular weight excluding hydrogens is 328 g/mol. The first-order chi connectivity index (χ1) is 11.3. The van der Waals surface area contributed by atoms with Gasteiger partial charge < -0.3 is 50.0 Å². The normalized spacial score (nSPS) is 50.0. The third-order valence-corrected chi connectivity index (χ3v) is 4.51. The van der Waals surface area contributed by atoms with E-state index in [1.165, 1.54) is 0 Å². The van der Waals surface area contributed by atoms with Crippen LogP contribution >= 0.6 is 0 Å². The van der Waals surface area contributed by atoms with Gasteiger partial charge in [-0.3, -0.25) is 0 Å². The van der Waals surface area contributed by atoms with E-state index in [4.69, 9.17) is 19.3 Å². The minimum atomic E-state index is -1.66. The van der Waals surface area contributed by atoms with Gasteiger partial charge in [-0.15, -0.1) is 0 Å². The number of ether oxygens (including phenoxy) is 3. The molecule has 10 unspecified atom stereocenters. The molecule has 10 nitrogen and oxygen atoms in total. The first-order valence-corrected chi connectivity index (χ1v) is 7.94. The van der Waals surface area contributed by atoms with Crippen LogP contribution in [0.15, 0.2) is 0 Å². The van der Waals surface area contributed by atoms with Crippen molar-refractivity contribution in [2.45, 2.75) is 74.6 Å². The standard InChI is InChI=1S/C14H26O10/c1-2-5-8(17)11(20)13(7(4-16)22-5)24-14-12(21)10(19)9(18)6(3-15)23-14/h5-21H,2-4H2,1H3. The third-order valence-electron chi connectivity index (χ3n) is 4.51. The summed E-state index contributed by atoms with van der Waals surface area (Å²) < 4.78 is 16.1. The van der Waals surface area contributed by atoms with Crippen LogP contribution in [-0.2, 0) is 14.2 Å². The van der Waals surface area contributed by atoms with E-state index >= 15 is 0 Å². The second-order valence-electron chi connectivity index (χ2n) is 6.08. The van der Waals surface area contributed by atoms with Gasteiger partial charge in [-0.1, -0.05) is 6.92 Å². The van der Waals surface area contributed by atoms with Crippen LogP contribution in [0.4, 0.5) is 0 Å². The van der Waals surface area contributed by atoms with E-state index in [-0.39, 0.29) is 0 Å². The van der Waals surface area contributed by atoms with E-state index in [0.717, 1.165) is 0 Å². The summed E-state index contributed by atoms with van der Waals surface area (Å²) >= 11 is 0. The number of hydrogen-bond acceptors (Lipinski definition) is 10. The molecule has 2 heterocycles. The molecule has 0 aromatic carbocycles. The molecule has 7 N–H and O–H groups in total. The van der Waals surface area contributed by atoms with E-state index in [1.54, 1.807) is 6.92 Å². The van der Waals surface area contributed by atoms with Crippen molar-refractivity contribution in [3.63, 3.8) is 0 Å². The van der Waals surface area contributed by atoms with Crippen molar-refractivity contribution in [2.75, 3.05) is 13.2 Å². The van der Waals surface area contributed by atoms with Crippen molar-refractivity contribution in [1.29, 1.82) is 0 Å². The van der Waals surface area contributed by atoms with E-state index in [1.807, 2.05) is 0 Å². The Balaban J connectivity index is 2.12. The summed E-state index contributed by atoms with van der Waals surface area (Å²) in [5.41, 5.74) is 0. The lowest BCUT2D eigenvalue weighted by Gasteiger charge is -2.46. The van der Waals surface area contributed by atoms with Crippen LogP contribution in [0, 0.1) is 0 Å². The summed E-state index contributed by atoms with van der Waals surface area (Å²) in [4.78, 5) is 0. The Morgan fingerprint density at radius 2 is 1.29 bits per heavy atom. The number of hydrogen-bond donors (Lipinski definition) is 7. The SMILES string of the molecule is CCC1OC(CO)C(OC2OC(CO)C(O)C(O)C2O)C(O)C1O. The summed E-state index contributed by atoms with van der Waals surface area (Å²) in [6.45, 7) is 0.606. The molecule has 10 atom stereocenters. The van der Waals surface area contributed by atoms with Crippen LogP contribution in [0.1, 0.15) is 13.3 Å². The van der Waals surface area contributed by atoms with Crippen LogP contribution < -0.4 is 0 Å². The fourth-order valence-electron chi connectivity index (χ4n) is 3.00. The summed E-state index contributed by atoms with van der Waals surface area (Å²) in [7, 11) is 0. The molecule has 2 aliphatic rings. The van der Waals surface area contributed by atoms with Gasteiger partial charge in [0.25, 0.3) is 0 Å². The van der Waals surface area contributed by atoms with Crippen molar-refractivity contribution in [3.8, 4) is 0 Å². The van der Waals surface area contributed by atoms with Gasteiger partial charge in [0.1, 0.15) is 48.8 Å². The van der Waals surface area contributed by atoms with Gasteiger partial charge in [-0.2, -0.15) is 0 Å². The van der Waals surface area contributed by atoms with Crippen molar-refractivity contribution in [2.24, 2.45) is 0 Å². The quantitative estimate of drug-likeness (QED) is 0.259. The summed E-state index contributed by atoms with van der Waals surface area (Å²) in [5, 5.41) is 68.3. The highest BCUT2D eigenvalue weighted by Gasteiger charge is 2.49. The smallest absolute Gasteiger partial charge is 0.187 e. The zero-order valence-electron chi connectivity index (χ0n) is 13.3. The molecule has 0 bridgehead atoms. The molecule has 2 aliphatic heterocycles. The van der Waals surface area contributed by atoms with Crippen LogP contribution in [-0.4, -0.2) is 110 Å². The van der Waals surface area contributed by atoms with Gasteiger partial charge in [0.2, 0.25) is 0 Å². The lowest BCUT2D eigenvalue weighted by Crippen LogP contribution is -2.64. The molecule has 0 aromatic rings. The van der Waals surface area contributed by atoms with Crippen LogP contribution in [0.3, 0.4) is 0 Å². The Morgan fingerprint density at radius 3 is 1.83 bits per heavy atom. The zero-order valence-corrected chi connectivity index (χ0v) is 13.3. The molecule has 24 heavy (non-hydrogen) atoms. The predicted octanol–water partition coefficient (Wildman–Crippen LogP) is -3.94. The maximum absolute atomic E-state index is 10.2. The lowest BCUT2D eigenvalue weighted by molar-refractivity contribution is -0.342. The minimum Gasteiger partial charge on any atom is -0.394 e. The Labute approximate surface area is 138 Å². The first kappa shape index (κ1) is 19.9. The topological polar surface area (TPSA) is 169 Å². The largest absolute Gasteiger partial charge is 0.394 e. The van der Waals surface area contributed by atoms with Crippen molar-refractivity contribution < 1.29 is 50.0 Å². The van der Waals surface area contributed by atoms with Gasteiger partial charge in [0.15, 0.2) is 6.29 Å². The number of aliphatic hydroxyl groups is 7. The second kappa shape index (κ2) is 8.32. The average molecular weight is 354 g/mol. The van der Waals surface area contributed by atoms with Gasteiger partial charge in [-0.25, -0.2) is 0 Å². The zero-order chi connectivity index (χ0) is 18.0. The van der Waals surface area contributed by atoms with Crippen molar-refractivity contribution >= 4 is 0 Å². The summed E-state index contributed by atoms with van der Waals surface area (Å²) in [6, 6.07) is 0. The van der Waals surface area contributed by atoms with Crippen LogP contribution in [0.25, 0.3) is 0 Å². The Bertz CT molecular complexity index is 392. The molecule has 2 fully saturated rings. The summed E-state index contributed by atoms with van der Waals surface area (Å²) in [5.74, 6) is 0. The predicted molar refractivity (Wildman–Crippen MR) is 76.7 cm³/mol. The first-order valence-electron chi connectivity index (χ1n) is 7.94. The molecule has 0 aliphatic carbocycles. The van der Waals surface area contributed by atoms with Crippen LogP contribution in [0.2, 0.25) is 0 Å². The second-order valence-corrected chi connectivity index (χ2v) is 6.08. The minimum absolute atomic E-state index is 0.404. The van der Waals surface area contributed by atoms with E-state index in [9.17, 15) is 30.6 Å². The van der Waals surface area contributed by atoms with Gasteiger partial charge in [0, 0.05) is 0 Å². The fraction of sp³-hybridized carbons (Fsp3) is 1.00. The molecule has 10 heteroatoms. The molecule has 0 radical (unpaired) electrons. The Hall–Kier alpha value is -0.400. The molecule has 0 aromatic heterocycles. The average Bonchev–Trinajstić information content (AvgIpc) is 2.59. The Morgan fingerprint density at radius 1 is 0.708 bits per heavy atom. The lowest BCUT2D eigenvalue weighted by atomic mass is 9.93. The van der Waals surface area contributed by atoms with E-state index in [2.05, 4.69) is 0 Å². The maximum atomic E-state index is 10.2. The summed E-state index contributed by atoms with van der Waals surface area (Å²) in [6.07, 6.45) is -12.7. The third kappa shape index (κ3) is 3.73.